The Morgan fingerprint density at radius 1 is 1.11 bits per heavy atom. The van der Waals surface area contributed by atoms with Gasteiger partial charge in [-0.2, -0.15) is 0 Å². The second-order valence-corrected chi connectivity index (χ2v) is 8.18. The van der Waals surface area contributed by atoms with Crippen molar-refractivity contribution in [1.29, 1.82) is 0 Å². The molecule has 0 atom stereocenters. The zero-order valence-electron chi connectivity index (χ0n) is 12.4. The molecule has 0 saturated carbocycles. The van der Waals surface area contributed by atoms with E-state index in [1.807, 2.05) is 25.1 Å². The molecule has 1 N–H and O–H groups in total. The van der Waals surface area contributed by atoms with Crippen LogP contribution < -0.4 is 5.32 Å². The summed E-state index contributed by atoms with van der Waals surface area (Å²) in [7, 11) is -2.91. The van der Waals surface area contributed by atoms with Gasteiger partial charge in [0.25, 0.3) is 0 Å². The quantitative estimate of drug-likeness (QED) is 0.872. The molecule has 0 saturated heterocycles. The Bertz CT molecular complexity index is 501. The largest absolute Gasteiger partial charge is 0.384 e. The van der Waals surface area contributed by atoms with E-state index in [1.54, 1.807) is 0 Å². The normalized spacial score (nSPS) is 12.4. The van der Waals surface area contributed by atoms with Crippen LogP contribution in [0.4, 0.5) is 5.69 Å². The maximum Gasteiger partial charge on any atom is 0.152 e. The summed E-state index contributed by atoms with van der Waals surface area (Å²) in [5, 5.41) is 3.26. The molecule has 0 amide bonds. The van der Waals surface area contributed by atoms with Crippen LogP contribution in [-0.2, 0) is 15.3 Å². The van der Waals surface area contributed by atoms with Gasteiger partial charge in [0.1, 0.15) is 0 Å². The molecule has 0 aliphatic carbocycles. The van der Waals surface area contributed by atoms with Crippen LogP contribution in [0.5, 0.6) is 0 Å². The van der Waals surface area contributed by atoms with Gasteiger partial charge in [0, 0.05) is 18.0 Å². The summed E-state index contributed by atoms with van der Waals surface area (Å²) in [6.07, 6.45) is 0.681. The second kappa shape index (κ2) is 6.42. The average Bonchev–Trinajstić information content (AvgIpc) is 2.28. The highest BCUT2D eigenvalue weighted by Gasteiger charge is 2.17. The maximum atomic E-state index is 11.7. The first-order chi connectivity index (χ1) is 8.76. The van der Waals surface area contributed by atoms with Crippen LogP contribution in [0.1, 0.15) is 39.7 Å². The SMILES string of the molecule is CCCS(=O)(=O)CCNc1ccccc1C(C)(C)C. The summed E-state index contributed by atoms with van der Waals surface area (Å²) in [6.45, 7) is 8.82. The van der Waals surface area contributed by atoms with Gasteiger partial charge in [-0.3, -0.25) is 0 Å². The molecule has 0 heterocycles. The molecule has 0 bridgehead atoms. The molecule has 1 rings (SSSR count). The Balaban J connectivity index is 2.69. The van der Waals surface area contributed by atoms with Crippen LogP contribution in [0.2, 0.25) is 0 Å². The predicted octanol–water partition coefficient (Wildman–Crippen LogP) is 3.22. The molecule has 1 aromatic carbocycles. The molecule has 0 aliphatic rings. The number of hydrogen-bond acceptors (Lipinski definition) is 3. The van der Waals surface area contributed by atoms with Crippen LogP contribution in [0, 0.1) is 0 Å². The molecule has 19 heavy (non-hydrogen) atoms. The molecule has 0 fully saturated rings. The van der Waals surface area contributed by atoms with Gasteiger partial charge in [-0.05, 0) is 23.5 Å². The Labute approximate surface area is 117 Å². The molecule has 0 spiro atoms. The molecular weight excluding hydrogens is 258 g/mol. The Hall–Kier alpha value is -1.03. The minimum absolute atomic E-state index is 0.0475. The highest BCUT2D eigenvalue weighted by molar-refractivity contribution is 7.91. The lowest BCUT2D eigenvalue weighted by atomic mass is 9.86. The van der Waals surface area contributed by atoms with Gasteiger partial charge < -0.3 is 5.32 Å². The lowest BCUT2D eigenvalue weighted by Gasteiger charge is -2.23. The summed E-state index contributed by atoms with van der Waals surface area (Å²) in [4.78, 5) is 0. The summed E-state index contributed by atoms with van der Waals surface area (Å²) in [6, 6.07) is 8.08. The Kier molecular flexibility index (Phi) is 5.41. The summed E-state index contributed by atoms with van der Waals surface area (Å²) < 4.78 is 23.3. The van der Waals surface area contributed by atoms with E-state index in [1.165, 1.54) is 5.56 Å². The monoisotopic (exact) mass is 283 g/mol. The van der Waals surface area contributed by atoms with Gasteiger partial charge in [-0.25, -0.2) is 8.42 Å². The van der Waals surface area contributed by atoms with Crippen molar-refractivity contribution in [2.45, 2.75) is 39.5 Å². The summed E-state index contributed by atoms with van der Waals surface area (Å²) in [5.41, 5.74) is 2.29. The van der Waals surface area contributed by atoms with Crippen molar-refractivity contribution in [2.24, 2.45) is 0 Å². The number of rotatable bonds is 6. The van der Waals surface area contributed by atoms with Crippen molar-refractivity contribution in [1.82, 2.24) is 0 Å². The van der Waals surface area contributed by atoms with Gasteiger partial charge in [0.15, 0.2) is 9.84 Å². The summed E-state index contributed by atoms with van der Waals surface area (Å²) in [5.74, 6) is 0.467. The minimum atomic E-state index is -2.91. The second-order valence-electron chi connectivity index (χ2n) is 5.87. The van der Waals surface area contributed by atoms with Gasteiger partial charge in [-0.15, -0.1) is 0 Å². The number of sulfone groups is 1. The van der Waals surface area contributed by atoms with E-state index in [9.17, 15) is 8.42 Å². The third kappa shape index (κ3) is 5.23. The minimum Gasteiger partial charge on any atom is -0.384 e. The van der Waals surface area contributed by atoms with E-state index in [0.29, 0.717) is 13.0 Å². The maximum absolute atomic E-state index is 11.7. The molecule has 108 valence electrons. The average molecular weight is 283 g/mol. The molecule has 0 aromatic heterocycles. The lowest BCUT2D eigenvalue weighted by Crippen LogP contribution is -2.20. The van der Waals surface area contributed by atoms with Gasteiger partial charge in [0.05, 0.1) is 5.75 Å². The van der Waals surface area contributed by atoms with Gasteiger partial charge >= 0.3 is 0 Å². The van der Waals surface area contributed by atoms with Crippen molar-refractivity contribution in [3.63, 3.8) is 0 Å². The van der Waals surface area contributed by atoms with Crippen LogP contribution >= 0.6 is 0 Å². The third-order valence-electron chi connectivity index (χ3n) is 2.98. The molecule has 3 nitrogen and oxygen atoms in total. The number of hydrogen-bond donors (Lipinski definition) is 1. The Morgan fingerprint density at radius 2 is 1.74 bits per heavy atom. The van der Waals surface area contributed by atoms with Crippen LogP contribution in [0.15, 0.2) is 24.3 Å². The highest BCUT2D eigenvalue weighted by Crippen LogP contribution is 2.28. The first-order valence-corrected chi connectivity index (χ1v) is 8.62. The van der Waals surface area contributed by atoms with E-state index in [-0.39, 0.29) is 16.9 Å². The van der Waals surface area contributed by atoms with E-state index in [4.69, 9.17) is 0 Å². The molecule has 0 radical (unpaired) electrons. The first-order valence-electron chi connectivity index (χ1n) is 6.80. The highest BCUT2D eigenvalue weighted by atomic mass is 32.2. The topological polar surface area (TPSA) is 46.2 Å². The van der Waals surface area contributed by atoms with E-state index < -0.39 is 9.84 Å². The van der Waals surface area contributed by atoms with Crippen LogP contribution in [0.25, 0.3) is 0 Å². The fourth-order valence-corrected chi connectivity index (χ4v) is 3.28. The molecule has 1 aromatic rings. The number of anilines is 1. The van der Waals surface area contributed by atoms with Crippen molar-refractivity contribution in [3.8, 4) is 0 Å². The van der Waals surface area contributed by atoms with Crippen molar-refractivity contribution in [2.75, 3.05) is 23.4 Å². The van der Waals surface area contributed by atoms with Crippen LogP contribution in [-0.4, -0.2) is 26.5 Å². The fraction of sp³-hybridized carbons (Fsp3) is 0.600. The van der Waals surface area contributed by atoms with E-state index >= 15 is 0 Å². The fourth-order valence-electron chi connectivity index (χ4n) is 2.05. The van der Waals surface area contributed by atoms with Crippen molar-refractivity contribution < 1.29 is 8.42 Å². The first kappa shape index (κ1) is 16.0. The number of benzene rings is 1. The van der Waals surface area contributed by atoms with Gasteiger partial charge in [-0.1, -0.05) is 45.9 Å². The molecule has 0 unspecified atom stereocenters. The third-order valence-corrected chi connectivity index (χ3v) is 4.84. The zero-order chi connectivity index (χ0) is 14.5. The van der Waals surface area contributed by atoms with E-state index in [0.717, 1.165) is 5.69 Å². The summed E-state index contributed by atoms with van der Waals surface area (Å²) >= 11 is 0. The zero-order valence-corrected chi connectivity index (χ0v) is 13.2. The number of para-hydroxylation sites is 1. The van der Waals surface area contributed by atoms with Crippen molar-refractivity contribution in [3.05, 3.63) is 29.8 Å². The molecular formula is C15H25NO2S. The predicted molar refractivity (Wildman–Crippen MR) is 82.6 cm³/mol. The van der Waals surface area contributed by atoms with Crippen molar-refractivity contribution >= 4 is 15.5 Å². The molecule has 0 aliphatic heterocycles. The smallest absolute Gasteiger partial charge is 0.152 e. The van der Waals surface area contributed by atoms with Gasteiger partial charge in [0.2, 0.25) is 0 Å². The Morgan fingerprint density at radius 3 is 2.32 bits per heavy atom. The van der Waals surface area contributed by atoms with Crippen LogP contribution in [0.3, 0.4) is 0 Å². The number of nitrogens with one attached hydrogen (secondary N) is 1. The molecule has 4 heteroatoms. The standard InChI is InChI=1S/C15H25NO2S/c1-5-11-19(17,18)12-10-16-14-9-7-6-8-13(14)15(2,3)4/h6-9,16H,5,10-12H2,1-4H3. The lowest BCUT2D eigenvalue weighted by molar-refractivity contribution is 0.591. The van der Waals surface area contributed by atoms with E-state index in [2.05, 4.69) is 32.2 Å².